The number of hydrogen-bond donors (Lipinski definition) is 1. The monoisotopic (exact) mass is 346 g/mol. The van der Waals surface area contributed by atoms with Crippen molar-refractivity contribution in [3.05, 3.63) is 33.8 Å². The van der Waals surface area contributed by atoms with Gasteiger partial charge in [0.05, 0.1) is 13.2 Å². The third-order valence-corrected chi connectivity index (χ3v) is 4.83. The Hall–Kier alpha value is -2.42. The number of ether oxygens (including phenoxy) is 1. The topological polar surface area (TPSA) is 98.0 Å². The number of fused-ring (bicyclic) bond motifs is 1. The fraction of sp³-hybridized carbons (Fsp3) is 0.625. The summed E-state index contributed by atoms with van der Waals surface area (Å²) in [6.45, 7) is 2.35. The summed E-state index contributed by atoms with van der Waals surface area (Å²) in [4.78, 5) is 26.8. The number of carbonyl (C=O) groups excluding carboxylic acids is 1. The first-order valence-electron chi connectivity index (χ1n) is 8.67. The Morgan fingerprint density at radius 2 is 2.20 bits per heavy atom. The summed E-state index contributed by atoms with van der Waals surface area (Å²) < 4.78 is 8.10. The fourth-order valence-corrected chi connectivity index (χ4v) is 3.20. The Kier molecular flexibility index (Phi) is 4.16. The third kappa shape index (κ3) is 3.11. The zero-order chi connectivity index (χ0) is 17.4. The highest BCUT2D eigenvalue weighted by Crippen LogP contribution is 2.39. The molecule has 0 saturated heterocycles. The Morgan fingerprint density at radius 1 is 1.36 bits per heavy atom. The van der Waals surface area contributed by atoms with E-state index in [0.29, 0.717) is 50.8 Å². The predicted octanol–water partition coefficient (Wildman–Crippen LogP) is -0.00980. The zero-order valence-electron chi connectivity index (χ0n) is 14.3. The van der Waals surface area contributed by atoms with Crippen molar-refractivity contribution in [2.45, 2.75) is 38.3 Å². The molecule has 25 heavy (non-hydrogen) atoms. The molecule has 1 aliphatic carbocycles. The van der Waals surface area contributed by atoms with Crippen molar-refractivity contribution in [3.63, 3.8) is 0 Å². The van der Waals surface area contributed by atoms with Crippen LogP contribution in [0.15, 0.2) is 10.9 Å². The number of nitrogens with one attached hydrogen (secondary N) is 1. The van der Waals surface area contributed by atoms with Crippen LogP contribution in [-0.4, -0.2) is 62.2 Å². The Bertz CT molecular complexity index is 831. The number of aromatic nitrogens is 5. The van der Waals surface area contributed by atoms with Crippen LogP contribution in [0.2, 0.25) is 0 Å². The molecule has 2 aliphatic rings. The van der Waals surface area contributed by atoms with Gasteiger partial charge in [0.1, 0.15) is 11.5 Å². The molecule has 3 heterocycles. The molecule has 2 aromatic rings. The SMILES string of the molecule is COCCn1nc2n(c1=O)CCN(C(=O)c1cc(C3CC3)[nH]n1)CC2. The molecule has 1 aliphatic heterocycles. The first-order valence-corrected chi connectivity index (χ1v) is 8.67. The van der Waals surface area contributed by atoms with Gasteiger partial charge in [0.2, 0.25) is 0 Å². The third-order valence-electron chi connectivity index (χ3n) is 4.83. The molecule has 9 nitrogen and oxygen atoms in total. The lowest BCUT2D eigenvalue weighted by molar-refractivity contribution is 0.0752. The van der Waals surface area contributed by atoms with Gasteiger partial charge in [-0.3, -0.25) is 14.5 Å². The van der Waals surface area contributed by atoms with E-state index in [1.807, 2.05) is 6.07 Å². The molecule has 0 bridgehead atoms. The van der Waals surface area contributed by atoms with Crippen LogP contribution in [-0.2, 0) is 24.2 Å². The van der Waals surface area contributed by atoms with Crippen molar-refractivity contribution < 1.29 is 9.53 Å². The van der Waals surface area contributed by atoms with Gasteiger partial charge in [0.25, 0.3) is 5.91 Å². The number of rotatable bonds is 5. The summed E-state index contributed by atoms with van der Waals surface area (Å²) in [7, 11) is 1.60. The average molecular weight is 346 g/mol. The molecule has 4 rings (SSSR count). The van der Waals surface area contributed by atoms with Crippen molar-refractivity contribution in [3.8, 4) is 0 Å². The quantitative estimate of drug-likeness (QED) is 0.821. The molecule has 2 aromatic heterocycles. The zero-order valence-corrected chi connectivity index (χ0v) is 14.3. The maximum absolute atomic E-state index is 12.7. The summed E-state index contributed by atoms with van der Waals surface area (Å²) in [5, 5.41) is 11.5. The molecule has 9 heteroatoms. The summed E-state index contributed by atoms with van der Waals surface area (Å²) in [6.07, 6.45) is 2.88. The van der Waals surface area contributed by atoms with Gasteiger partial charge in [-0.25, -0.2) is 9.48 Å². The van der Waals surface area contributed by atoms with E-state index < -0.39 is 0 Å². The minimum Gasteiger partial charge on any atom is -0.383 e. The lowest BCUT2D eigenvalue weighted by Crippen LogP contribution is -2.35. The van der Waals surface area contributed by atoms with E-state index in [-0.39, 0.29) is 11.6 Å². The maximum atomic E-state index is 12.7. The van der Waals surface area contributed by atoms with E-state index in [1.54, 1.807) is 16.6 Å². The van der Waals surface area contributed by atoms with Crippen LogP contribution >= 0.6 is 0 Å². The molecule has 0 spiro atoms. The second-order valence-electron chi connectivity index (χ2n) is 6.59. The first-order chi connectivity index (χ1) is 12.2. The molecular formula is C16H22N6O3. The van der Waals surface area contributed by atoms with Gasteiger partial charge in [-0.1, -0.05) is 0 Å². The number of methoxy groups -OCH3 is 1. The van der Waals surface area contributed by atoms with E-state index in [2.05, 4.69) is 15.3 Å². The summed E-state index contributed by atoms with van der Waals surface area (Å²) in [5.41, 5.74) is 1.36. The van der Waals surface area contributed by atoms with Crippen LogP contribution in [0.1, 0.15) is 40.8 Å². The van der Waals surface area contributed by atoms with Gasteiger partial charge in [0.15, 0.2) is 0 Å². The van der Waals surface area contributed by atoms with Crippen LogP contribution in [0.5, 0.6) is 0 Å². The summed E-state index contributed by atoms with van der Waals surface area (Å²) in [5.74, 6) is 1.17. The fourth-order valence-electron chi connectivity index (χ4n) is 3.20. The molecule has 0 unspecified atom stereocenters. The van der Waals surface area contributed by atoms with Crippen LogP contribution in [0.3, 0.4) is 0 Å². The highest BCUT2D eigenvalue weighted by molar-refractivity contribution is 5.92. The van der Waals surface area contributed by atoms with Gasteiger partial charge in [-0.15, -0.1) is 0 Å². The van der Waals surface area contributed by atoms with E-state index in [1.165, 1.54) is 4.68 Å². The molecular weight excluding hydrogens is 324 g/mol. The largest absolute Gasteiger partial charge is 0.383 e. The van der Waals surface area contributed by atoms with Crippen molar-refractivity contribution >= 4 is 5.91 Å². The smallest absolute Gasteiger partial charge is 0.346 e. The van der Waals surface area contributed by atoms with Gasteiger partial charge >= 0.3 is 5.69 Å². The molecule has 0 atom stereocenters. The van der Waals surface area contributed by atoms with Crippen LogP contribution in [0, 0.1) is 0 Å². The summed E-state index contributed by atoms with van der Waals surface area (Å²) in [6, 6.07) is 1.86. The number of carbonyl (C=O) groups is 1. The number of amides is 1. The number of aromatic amines is 1. The Morgan fingerprint density at radius 3 is 2.96 bits per heavy atom. The van der Waals surface area contributed by atoms with Crippen LogP contribution in [0.4, 0.5) is 0 Å². The van der Waals surface area contributed by atoms with E-state index in [9.17, 15) is 9.59 Å². The normalized spacial score (nSPS) is 17.4. The maximum Gasteiger partial charge on any atom is 0.346 e. The summed E-state index contributed by atoms with van der Waals surface area (Å²) >= 11 is 0. The van der Waals surface area contributed by atoms with Crippen LogP contribution in [0.25, 0.3) is 0 Å². The molecule has 1 saturated carbocycles. The van der Waals surface area contributed by atoms with Gasteiger partial charge in [-0.05, 0) is 18.9 Å². The molecule has 0 aromatic carbocycles. The molecule has 0 radical (unpaired) electrons. The molecule has 134 valence electrons. The van der Waals surface area contributed by atoms with Gasteiger partial charge in [-0.2, -0.15) is 10.2 Å². The average Bonchev–Trinajstić information content (AvgIpc) is 3.33. The second-order valence-corrected chi connectivity index (χ2v) is 6.59. The van der Waals surface area contributed by atoms with Crippen LogP contribution < -0.4 is 5.69 Å². The Labute approximate surface area is 144 Å². The van der Waals surface area contributed by atoms with Crippen molar-refractivity contribution in [1.82, 2.24) is 29.4 Å². The molecule has 1 amide bonds. The molecule has 1 N–H and O–H groups in total. The lowest BCUT2D eigenvalue weighted by atomic mass is 10.2. The highest BCUT2D eigenvalue weighted by Gasteiger charge is 2.28. The van der Waals surface area contributed by atoms with E-state index >= 15 is 0 Å². The number of hydrogen-bond acceptors (Lipinski definition) is 5. The van der Waals surface area contributed by atoms with Crippen molar-refractivity contribution in [1.29, 1.82) is 0 Å². The second kappa shape index (κ2) is 6.47. The molecule has 1 fully saturated rings. The van der Waals surface area contributed by atoms with E-state index in [0.717, 1.165) is 24.4 Å². The Balaban J connectivity index is 1.46. The minimum absolute atomic E-state index is 0.0892. The van der Waals surface area contributed by atoms with Crippen molar-refractivity contribution in [2.24, 2.45) is 0 Å². The predicted molar refractivity (Wildman–Crippen MR) is 88.5 cm³/mol. The van der Waals surface area contributed by atoms with Crippen molar-refractivity contribution in [2.75, 3.05) is 26.8 Å². The number of H-pyrrole nitrogens is 1. The number of nitrogens with zero attached hydrogens (tertiary/aromatic N) is 5. The minimum atomic E-state index is -0.142. The highest BCUT2D eigenvalue weighted by atomic mass is 16.5. The lowest BCUT2D eigenvalue weighted by Gasteiger charge is -2.18. The first kappa shape index (κ1) is 16.1. The van der Waals surface area contributed by atoms with E-state index in [4.69, 9.17) is 4.74 Å². The standard InChI is InChI=1S/C16H22N6O3/c1-25-9-8-22-16(24)21-7-6-20(5-4-14(21)19-22)15(23)13-10-12(17-18-13)11-2-3-11/h10-11H,2-9H2,1H3,(H,17,18). The van der Waals surface area contributed by atoms with Gasteiger partial charge < -0.3 is 9.64 Å². The van der Waals surface area contributed by atoms with Gasteiger partial charge in [0, 0.05) is 44.8 Å².